The fourth-order valence-electron chi connectivity index (χ4n) is 4.13. The largest absolute Gasteiger partial charge is 0.289 e. The molecular weight excluding hydrogens is 406 g/mol. The molecule has 32 heavy (non-hydrogen) atoms. The Balaban J connectivity index is 1.36. The number of H-pyrrole nitrogens is 1. The number of carbonyl (C=O) groups is 1. The minimum atomic E-state index is -0.462. The molecule has 0 unspecified atom stereocenters. The Morgan fingerprint density at radius 2 is 1.84 bits per heavy atom. The summed E-state index contributed by atoms with van der Waals surface area (Å²) >= 11 is 0. The Labute approximate surface area is 183 Å². The number of aryl methyl sites for hydroxylation is 2. The summed E-state index contributed by atoms with van der Waals surface area (Å²) in [5, 5.41) is 24.5. The smallest absolute Gasteiger partial charge is 0.272 e. The zero-order valence-electron chi connectivity index (χ0n) is 17.3. The van der Waals surface area contributed by atoms with E-state index in [1.54, 1.807) is 25.1 Å². The summed E-state index contributed by atoms with van der Waals surface area (Å²) in [6.07, 6.45) is 2.10. The SMILES string of the molecule is C/C(=N/NC(=O)c1cc(-c2ccc3c4c(cccc24)CC3)n[nH]1)c1ccc([N+](=O)[O-])cc1. The van der Waals surface area contributed by atoms with Gasteiger partial charge in [-0.1, -0.05) is 30.3 Å². The standard InChI is InChI=1S/C24H19N5O3/c1-14(15-7-10-18(11-8-15)29(31)32)25-28-24(30)22-13-21(26-27-22)19-12-9-17-6-5-16-3-2-4-20(19)23(16)17/h2-4,7-13H,5-6H2,1H3,(H,26,27)(H,28,30)/b25-14-. The number of nitrogens with one attached hydrogen (secondary N) is 2. The molecule has 1 amide bonds. The van der Waals surface area contributed by atoms with Crippen LogP contribution in [-0.2, 0) is 12.8 Å². The number of hydrogen-bond acceptors (Lipinski definition) is 5. The van der Waals surface area contributed by atoms with Gasteiger partial charge in [0.15, 0.2) is 0 Å². The highest BCUT2D eigenvalue weighted by molar-refractivity contribution is 6.03. The summed E-state index contributed by atoms with van der Waals surface area (Å²) in [5.41, 5.74) is 8.38. The zero-order valence-corrected chi connectivity index (χ0v) is 17.3. The van der Waals surface area contributed by atoms with Crippen LogP contribution < -0.4 is 5.43 Å². The maximum Gasteiger partial charge on any atom is 0.289 e. The minimum absolute atomic E-state index is 0.00128. The highest BCUT2D eigenvalue weighted by Gasteiger charge is 2.18. The first-order valence-electron chi connectivity index (χ1n) is 10.2. The third-order valence-corrected chi connectivity index (χ3v) is 5.80. The molecule has 1 heterocycles. The van der Waals surface area contributed by atoms with Gasteiger partial charge in [0.25, 0.3) is 11.6 Å². The molecule has 0 aliphatic heterocycles. The fraction of sp³-hybridized carbons (Fsp3) is 0.125. The van der Waals surface area contributed by atoms with Crippen molar-refractivity contribution in [1.82, 2.24) is 15.6 Å². The van der Waals surface area contributed by atoms with Crippen LogP contribution in [0.25, 0.3) is 22.0 Å². The molecule has 8 nitrogen and oxygen atoms in total. The quantitative estimate of drug-likeness (QED) is 0.280. The first-order valence-corrected chi connectivity index (χ1v) is 10.2. The van der Waals surface area contributed by atoms with Crippen molar-refractivity contribution in [2.75, 3.05) is 0 Å². The summed E-state index contributed by atoms with van der Waals surface area (Å²) in [4.78, 5) is 22.9. The second kappa shape index (κ2) is 7.73. The predicted octanol–water partition coefficient (Wildman–Crippen LogP) is 4.39. The molecule has 0 atom stereocenters. The van der Waals surface area contributed by atoms with Crippen LogP contribution in [0.2, 0.25) is 0 Å². The number of aromatic nitrogens is 2. The Kier molecular flexibility index (Phi) is 4.74. The van der Waals surface area contributed by atoms with E-state index in [2.05, 4.69) is 51.1 Å². The van der Waals surface area contributed by atoms with Gasteiger partial charge in [-0.3, -0.25) is 20.0 Å². The Hall–Kier alpha value is -4.33. The number of nitrogens with zero attached hydrogens (tertiary/aromatic N) is 3. The number of non-ortho nitro benzene ring substituents is 1. The molecule has 1 aromatic heterocycles. The van der Waals surface area contributed by atoms with Crippen molar-refractivity contribution in [3.8, 4) is 11.3 Å². The van der Waals surface area contributed by atoms with Crippen molar-refractivity contribution >= 4 is 28.1 Å². The molecule has 5 rings (SSSR count). The second-order valence-electron chi connectivity index (χ2n) is 7.72. The average molecular weight is 425 g/mol. The number of benzene rings is 3. The van der Waals surface area contributed by atoms with Crippen molar-refractivity contribution in [2.24, 2.45) is 5.10 Å². The highest BCUT2D eigenvalue weighted by atomic mass is 16.6. The van der Waals surface area contributed by atoms with Crippen molar-refractivity contribution < 1.29 is 9.72 Å². The van der Waals surface area contributed by atoms with Gasteiger partial charge in [0.05, 0.1) is 16.3 Å². The number of carbonyl (C=O) groups excluding carboxylic acids is 1. The number of nitro groups is 1. The molecule has 0 bridgehead atoms. The van der Waals surface area contributed by atoms with Crippen LogP contribution in [0.15, 0.2) is 65.8 Å². The number of hydrazone groups is 1. The van der Waals surface area contributed by atoms with Crippen LogP contribution >= 0.6 is 0 Å². The van der Waals surface area contributed by atoms with Crippen LogP contribution in [0.1, 0.15) is 34.1 Å². The summed E-state index contributed by atoms with van der Waals surface area (Å²) in [5.74, 6) is -0.420. The average Bonchev–Trinajstić information content (AvgIpc) is 3.47. The molecule has 158 valence electrons. The predicted molar refractivity (Wildman–Crippen MR) is 122 cm³/mol. The van der Waals surface area contributed by atoms with E-state index < -0.39 is 10.8 Å². The minimum Gasteiger partial charge on any atom is -0.272 e. The molecule has 0 fully saturated rings. The van der Waals surface area contributed by atoms with Crippen LogP contribution in [0, 0.1) is 10.1 Å². The first kappa shape index (κ1) is 19.6. The molecule has 4 aromatic rings. The second-order valence-corrected chi connectivity index (χ2v) is 7.72. The first-order chi connectivity index (χ1) is 15.5. The Morgan fingerprint density at radius 3 is 2.59 bits per heavy atom. The molecule has 0 saturated carbocycles. The van der Waals surface area contributed by atoms with Gasteiger partial charge in [0.2, 0.25) is 0 Å². The third-order valence-electron chi connectivity index (χ3n) is 5.80. The summed E-state index contributed by atoms with van der Waals surface area (Å²) < 4.78 is 0. The fourth-order valence-corrected chi connectivity index (χ4v) is 4.13. The Bertz CT molecular complexity index is 1390. The normalized spacial score (nSPS) is 12.8. The van der Waals surface area contributed by atoms with Crippen molar-refractivity contribution in [3.05, 3.63) is 93.2 Å². The van der Waals surface area contributed by atoms with Crippen LogP contribution in [-0.4, -0.2) is 26.7 Å². The van der Waals surface area contributed by atoms with Gasteiger partial charge in [-0.15, -0.1) is 0 Å². The molecule has 0 radical (unpaired) electrons. The van der Waals surface area contributed by atoms with E-state index in [9.17, 15) is 14.9 Å². The zero-order chi connectivity index (χ0) is 22.2. The number of amides is 1. The number of rotatable bonds is 5. The van der Waals surface area contributed by atoms with Gasteiger partial charge in [-0.25, -0.2) is 5.43 Å². The van der Waals surface area contributed by atoms with E-state index in [0.717, 1.165) is 23.8 Å². The van der Waals surface area contributed by atoms with E-state index in [1.807, 2.05) is 0 Å². The van der Waals surface area contributed by atoms with E-state index in [4.69, 9.17) is 0 Å². The topological polar surface area (TPSA) is 113 Å². The number of aromatic amines is 1. The van der Waals surface area contributed by atoms with Gasteiger partial charge in [-0.05, 0) is 65.4 Å². The summed E-state index contributed by atoms with van der Waals surface area (Å²) in [6, 6.07) is 18.2. The van der Waals surface area contributed by atoms with Crippen LogP contribution in [0.3, 0.4) is 0 Å². The summed E-state index contributed by atoms with van der Waals surface area (Å²) in [7, 11) is 0. The molecule has 8 heteroatoms. The number of nitro benzene ring substituents is 1. The van der Waals surface area contributed by atoms with Crippen LogP contribution in [0.4, 0.5) is 5.69 Å². The lowest BCUT2D eigenvalue weighted by Gasteiger charge is -2.06. The maximum absolute atomic E-state index is 12.6. The van der Waals surface area contributed by atoms with Gasteiger partial charge in [-0.2, -0.15) is 10.2 Å². The van der Waals surface area contributed by atoms with Gasteiger partial charge in [0, 0.05) is 17.7 Å². The molecule has 2 N–H and O–H groups in total. The lowest BCUT2D eigenvalue weighted by atomic mass is 9.98. The van der Waals surface area contributed by atoms with E-state index in [0.29, 0.717) is 22.7 Å². The lowest BCUT2D eigenvalue weighted by molar-refractivity contribution is -0.384. The summed E-state index contributed by atoms with van der Waals surface area (Å²) in [6.45, 7) is 1.71. The van der Waals surface area contributed by atoms with Crippen molar-refractivity contribution in [1.29, 1.82) is 0 Å². The maximum atomic E-state index is 12.6. The van der Waals surface area contributed by atoms with E-state index in [-0.39, 0.29) is 5.69 Å². The van der Waals surface area contributed by atoms with Crippen LogP contribution in [0.5, 0.6) is 0 Å². The molecular formula is C24H19N5O3. The van der Waals surface area contributed by atoms with Gasteiger partial charge in [0.1, 0.15) is 5.69 Å². The van der Waals surface area contributed by atoms with Crippen molar-refractivity contribution in [3.63, 3.8) is 0 Å². The van der Waals surface area contributed by atoms with E-state index >= 15 is 0 Å². The molecule has 1 aliphatic carbocycles. The monoisotopic (exact) mass is 425 g/mol. The molecule has 3 aromatic carbocycles. The van der Waals surface area contributed by atoms with Gasteiger partial charge >= 0.3 is 0 Å². The Morgan fingerprint density at radius 1 is 1.09 bits per heavy atom. The number of hydrogen-bond donors (Lipinski definition) is 2. The van der Waals surface area contributed by atoms with E-state index in [1.165, 1.54) is 28.6 Å². The third kappa shape index (κ3) is 3.41. The van der Waals surface area contributed by atoms with Gasteiger partial charge < -0.3 is 0 Å². The molecule has 1 aliphatic rings. The lowest BCUT2D eigenvalue weighted by Crippen LogP contribution is -2.19. The molecule has 0 saturated heterocycles. The molecule has 0 spiro atoms. The highest BCUT2D eigenvalue weighted by Crippen LogP contribution is 2.36. The van der Waals surface area contributed by atoms with Crippen molar-refractivity contribution in [2.45, 2.75) is 19.8 Å².